The van der Waals surface area contributed by atoms with Crippen molar-refractivity contribution in [2.45, 2.75) is 13.0 Å². The summed E-state index contributed by atoms with van der Waals surface area (Å²) in [5.74, 6) is 0.376. The first-order chi connectivity index (χ1) is 11.1. The molecule has 0 aromatic heterocycles. The lowest BCUT2D eigenvalue weighted by molar-refractivity contribution is 0.132. The number of carbonyl (C=O) groups excluding carboxylic acids is 2. The Morgan fingerprint density at radius 1 is 0.957 bits per heavy atom. The fourth-order valence-corrected chi connectivity index (χ4v) is 2.40. The van der Waals surface area contributed by atoms with Crippen LogP contribution in [0.4, 0.5) is 21.0 Å². The predicted octanol–water partition coefficient (Wildman–Crippen LogP) is 4.59. The molecule has 0 saturated carbocycles. The number of nitrogens with one attached hydrogen (secondary N) is 2. The van der Waals surface area contributed by atoms with Gasteiger partial charge < -0.3 is 10.1 Å². The summed E-state index contributed by atoms with van der Waals surface area (Å²) in [7, 11) is 0. The van der Waals surface area contributed by atoms with E-state index in [0.29, 0.717) is 11.4 Å². The monoisotopic (exact) mass is 330 g/mol. The molecular formula is C17H18N2O3S. The molecule has 5 nitrogen and oxygen atoms in total. The predicted molar refractivity (Wildman–Crippen MR) is 93.9 cm³/mol. The highest BCUT2D eigenvalue weighted by molar-refractivity contribution is 8.13. The average Bonchev–Trinajstić information content (AvgIpc) is 2.55. The highest BCUT2D eigenvalue weighted by atomic mass is 32.2. The number of rotatable bonds is 5. The summed E-state index contributed by atoms with van der Waals surface area (Å²) in [6, 6.07) is 18.2. The molecule has 6 heteroatoms. The first kappa shape index (κ1) is 16.9. The minimum atomic E-state index is -0.534. The molecule has 0 spiro atoms. The van der Waals surface area contributed by atoms with Gasteiger partial charge in [-0.3, -0.25) is 10.1 Å². The molecule has 2 aromatic carbocycles. The van der Waals surface area contributed by atoms with Crippen LogP contribution in [-0.2, 0) is 4.74 Å². The van der Waals surface area contributed by atoms with E-state index < -0.39 is 6.09 Å². The number of para-hydroxylation sites is 2. The number of benzene rings is 2. The third kappa shape index (κ3) is 6.44. The summed E-state index contributed by atoms with van der Waals surface area (Å²) in [5, 5.41) is 5.20. The third-order valence-corrected chi connectivity index (χ3v) is 3.80. The average molecular weight is 330 g/mol. The standard InChI is InChI=1S/C17H18N2O3S/c1-13(22-16(20)18-14-8-4-2-5-9-14)12-23-17(21)19-15-10-6-3-7-11-15/h2-11,13H,12H2,1H3,(H,18,20)(H,19,21)/t13-/m0/s1. The number of thioether (sulfide) groups is 1. The molecule has 2 rings (SSSR count). The number of ether oxygens (including phenoxy) is 1. The summed E-state index contributed by atoms with van der Waals surface area (Å²) < 4.78 is 5.20. The van der Waals surface area contributed by atoms with E-state index in [-0.39, 0.29) is 11.3 Å². The van der Waals surface area contributed by atoms with Crippen molar-refractivity contribution >= 4 is 34.5 Å². The molecule has 2 N–H and O–H groups in total. The molecule has 0 aliphatic carbocycles. The van der Waals surface area contributed by atoms with E-state index in [1.165, 1.54) is 0 Å². The Hall–Kier alpha value is -2.47. The van der Waals surface area contributed by atoms with E-state index in [4.69, 9.17) is 4.74 Å². The second-order valence-corrected chi connectivity index (χ2v) is 5.79. The Bertz CT molecular complexity index is 635. The van der Waals surface area contributed by atoms with Gasteiger partial charge in [-0.15, -0.1) is 0 Å². The van der Waals surface area contributed by atoms with E-state index in [2.05, 4.69) is 10.6 Å². The van der Waals surface area contributed by atoms with Crippen molar-refractivity contribution in [1.29, 1.82) is 0 Å². The lowest BCUT2D eigenvalue weighted by Crippen LogP contribution is -2.22. The van der Waals surface area contributed by atoms with Crippen LogP contribution in [-0.4, -0.2) is 23.2 Å². The molecule has 1 atom stereocenters. The number of carbonyl (C=O) groups is 2. The topological polar surface area (TPSA) is 67.4 Å². The van der Waals surface area contributed by atoms with Crippen LogP contribution in [0.25, 0.3) is 0 Å². The molecule has 0 saturated heterocycles. The number of amides is 2. The minimum Gasteiger partial charge on any atom is -0.445 e. The van der Waals surface area contributed by atoms with Crippen molar-refractivity contribution < 1.29 is 14.3 Å². The maximum absolute atomic E-state index is 11.8. The van der Waals surface area contributed by atoms with Gasteiger partial charge in [0.05, 0.1) is 0 Å². The Morgan fingerprint density at radius 2 is 1.48 bits per heavy atom. The van der Waals surface area contributed by atoms with Crippen LogP contribution in [0.2, 0.25) is 0 Å². The summed E-state index contributed by atoms with van der Waals surface area (Å²) in [4.78, 5) is 23.5. The van der Waals surface area contributed by atoms with Crippen LogP contribution in [0.15, 0.2) is 60.7 Å². The van der Waals surface area contributed by atoms with Gasteiger partial charge in [0.15, 0.2) is 0 Å². The first-order valence-corrected chi connectivity index (χ1v) is 8.13. The second-order valence-electron chi connectivity index (χ2n) is 4.80. The van der Waals surface area contributed by atoms with Crippen LogP contribution in [0.1, 0.15) is 6.92 Å². The van der Waals surface area contributed by atoms with E-state index >= 15 is 0 Å². The molecule has 0 aliphatic rings. The zero-order valence-electron chi connectivity index (χ0n) is 12.7. The van der Waals surface area contributed by atoms with Crippen LogP contribution >= 0.6 is 11.8 Å². The third-order valence-electron chi connectivity index (χ3n) is 2.80. The molecule has 0 bridgehead atoms. The molecule has 23 heavy (non-hydrogen) atoms. The van der Waals surface area contributed by atoms with Gasteiger partial charge in [0.1, 0.15) is 6.10 Å². The lowest BCUT2D eigenvalue weighted by Gasteiger charge is -2.13. The van der Waals surface area contributed by atoms with Crippen molar-refractivity contribution in [1.82, 2.24) is 0 Å². The molecule has 0 aliphatic heterocycles. The van der Waals surface area contributed by atoms with Crippen molar-refractivity contribution in [2.24, 2.45) is 0 Å². The zero-order valence-corrected chi connectivity index (χ0v) is 13.5. The van der Waals surface area contributed by atoms with Gasteiger partial charge in [0.2, 0.25) is 0 Å². The molecule has 0 heterocycles. The fraction of sp³-hybridized carbons (Fsp3) is 0.176. The Balaban J connectivity index is 1.69. The molecule has 2 aromatic rings. The van der Waals surface area contributed by atoms with E-state index in [0.717, 1.165) is 17.4 Å². The van der Waals surface area contributed by atoms with Crippen molar-refractivity contribution in [3.8, 4) is 0 Å². The molecule has 120 valence electrons. The van der Waals surface area contributed by atoms with Gasteiger partial charge >= 0.3 is 6.09 Å². The summed E-state index contributed by atoms with van der Waals surface area (Å²) >= 11 is 1.07. The van der Waals surface area contributed by atoms with E-state index in [1.54, 1.807) is 19.1 Å². The molecular weight excluding hydrogens is 312 g/mol. The number of anilines is 2. The lowest BCUT2D eigenvalue weighted by atomic mass is 10.3. The van der Waals surface area contributed by atoms with Gasteiger partial charge in [-0.1, -0.05) is 48.2 Å². The highest BCUT2D eigenvalue weighted by Gasteiger charge is 2.12. The molecule has 0 fully saturated rings. The minimum absolute atomic E-state index is 0.185. The first-order valence-electron chi connectivity index (χ1n) is 7.15. The van der Waals surface area contributed by atoms with Gasteiger partial charge in [-0.2, -0.15) is 0 Å². The Kier molecular flexibility index (Phi) is 6.50. The summed E-state index contributed by atoms with van der Waals surface area (Å²) in [6.07, 6.45) is -0.919. The molecule has 2 amide bonds. The van der Waals surface area contributed by atoms with E-state index in [1.807, 2.05) is 48.5 Å². The molecule has 0 unspecified atom stereocenters. The second kappa shape index (κ2) is 8.85. The van der Waals surface area contributed by atoms with Crippen LogP contribution in [0.3, 0.4) is 0 Å². The summed E-state index contributed by atoms with van der Waals surface area (Å²) in [6.45, 7) is 1.74. The normalized spacial score (nSPS) is 11.3. The van der Waals surface area contributed by atoms with Crippen molar-refractivity contribution in [2.75, 3.05) is 16.4 Å². The highest BCUT2D eigenvalue weighted by Crippen LogP contribution is 2.13. The molecule has 0 radical (unpaired) electrons. The maximum Gasteiger partial charge on any atom is 0.411 e. The van der Waals surface area contributed by atoms with Crippen molar-refractivity contribution in [3.05, 3.63) is 60.7 Å². The van der Waals surface area contributed by atoms with Crippen LogP contribution in [0.5, 0.6) is 0 Å². The quantitative estimate of drug-likeness (QED) is 0.841. The smallest absolute Gasteiger partial charge is 0.411 e. The Morgan fingerprint density at radius 3 is 2.04 bits per heavy atom. The van der Waals surface area contributed by atoms with Crippen LogP contribution in [0, 0.1) is 0 Å². The zero-order chi connectivity index (χ0) is 16.5. The van der Waals surface area contributed by atoms with Gasteiger partial charge in [0.25, 0.3) is 5.24 Å². The maximum atomic E-state index is 11.8. The van der Waals surface area contributed by atoms with Gasteiger partial charge in [-0.05, 0) is 31.2 Å². The fourth-order valence-electron chi connectivity index (χ4n) is 1.75. The number of hydrogen-bond donors (Lipinski definition) is 2. The van der Waals surface area contributed by atoms with E-state index in [9.17, 15) is 9.59 Å². The van der Waals surface area contributed by atoms with Gasteiger partial charge in [0, 0.05) is 17.1 Å². The number of hydrogen-bond acceptors (Lipinski definition) is 4. The largest absolute Gasteiger partial charge is 0.445 e. The Labute approximate surface area is 139 Å². The summed E-state index contributed by atoms with van der Waals surface area (Å²) in [5.41, 5.74) is 1.40. The SMILES string of the molecule is C[C@@H](CSC(=O)Nc1ccccc1)OC(=O)Nc1ccccc1. The van der Waals surface area contributed by atoms with Crippen LogP contribution < -0.4 is 10.6 Å². The van der Waals surface area contributed by atoms with Crippen molar-refractivity contribution in [3.63, 3.8) is 0 Å². The van der Waals surface area contributed by atoms with Gasteiger partial charge in [-0.25, -0.2) is 4.79 Å².